The number of aliphatic hydroxyl groups excluding tert-OH is 2. The van der Waals surface area contributed by atoms with Crippen molar-refractivity contribution in [1.29, 1.82) is 0 Å². The Labute approximate surface area is 68.6 Å². The van der Waals surface area contributed by atoms with Gasteiger partial charge in [-0.3, -0.25) is 4.90 Å². The van der Waals surface area contributed by atoms with E-state index >= 15 is 0 Å². The predicted octanol–water partition coefficient (Wildman–Crippen LogP) is 0.0715. The molecule has 0 aromatic rings. The van der Waals surface area contributed by atoms with Crippen molar-refractivity contribution in [3.63, 3.8) is 0 Å². The van der Waals surface area contributed by atoms with Gasteiger partial charge in [0.1, 0.15) is 0 Å². The van der Waals surface area contributed by atoms with Gasteiger partial charge < -0.3 is 10.2 Å². The highest BCUT2D eigenvalue weighted by Gasteiger charge is 2.16. The maximum absolute atomic E-state index is 8.75. The Morgan fingerprint density at radius 1 is 1.27 bits per heavy atom. The highest BCUT2D eigenvalue weighted by atomic mass is 16.3. The molecule has 1 saturated heterocycles. The van der Waals surface area contributed by atoms with Gasteiger partial charge in [-0.25, -0.2) is 0 Å². The molecular weight excluding hydrogens is 142 g/mol. The maximum atomic E-state index is 8.75. The first-order chi connectivity index (χ1) is 5.34. The number of likely N-dealkylation sites (tertiary alicyclic amines) is 1. The average molecular weight is 161 g/mol. The molecule has 0 aliphatic carbocycles. The molecule has 1 fully saturated rings. The molecule has 0 saturated carbocycles. The summed E-state index contributed by atoms with van der Waals surface area (Å²) in [5.74, 6) is 0. The molecule has 0 amide bonds. The van der Waals surface area contributed by atoms with E-state index in [-0.39, 0.29) is 0 Å². The van der Waals surface area contributed by atoms with Gasteiger partial charge in [0.05, 0.1) is 6.61 Å². The summed E-state index contributed by atoms with van der Waals surface area (Å²) in [5.41, 5.74) is 0. The molecule has 1 heterocycles. The van der Waals surface area contributed by atoms with Crippen LogP contribution in [0.5, 0.6) is 0 Å². The minimum Gasteiger partial charge on any atom is -0.400 e. The molecular formula is C8H19NO2. The lowest BCUT2D eigenvalue weighted by Crippen LogP contribution is -2.32. The Morgan fingerprint density at radius 2 is 1.73 bits per heavy atom. The fourth-order valence-electron chi connectivity index (χ4n) is 1.30. The third-order valence-electron chi connectivity index (χ3n) is 2.03. The molecule has 0 aromatic carbocycles. The van der Waals surface area contributed by atoms with Crippen molar-refractivity contribution in [2.75, 3.05) is 26.8 Å². The van der Waals surface area contributed by atoms with Crippen LogP contribution in [0.25, 0.3) is 0 Å². The molecule has 0 spiro atoms. The van der Waals surface area contributed by atoms with E-state index in [1.165, 1.54) is 25.9 Å². The highest BCUT2D eigenvalue weighted by Crippen LogP contribution is 2.10. The number of aliphatic hydroxyl groups is 2. The van der Waals surface area contributed by atoms with Crippen LogP contribution in [0.15, 0.2) is 0 Å². The van der Waals surface area contributed by atoms with Crippen molar-refractivity contribution < 1.29 is 10.2 Å². The van der Waals surface area contributed by atoms with Crippen LogP contribution in [0.2, 0.25) is 0 Å². The summed E-state index contributed by atoms with van der Waals surface area (Å²) in [6.45, 7) is 4.74. The summed E-state index contributed by atoms with van der Waals surface area (Å²) in [5, 5.41) is 15.8. The standard InChI is InChI=1S/C7H15NO.CH4O/c1-7(6-9)8-4-2-3-5-8;1-2/h7,9H,2-6H2,1H3;2H,1H3. The third kappa shape index (κ3) is 3.70. The number of hydrogen-bond donors (Lipinski definition) is 2. The van der Waals surface area contributed by atoms with Crippen LogP contribution in [-0.2, 0) is 0 Å². The minimum absolute atomic E-state index is 0.306. The minimum atomic E-state index is 0.306. The Morgan fingerprint density at radius 3 is 2.09 bits per heavy atom. The van der Waals surface area contributed by atoms with E-state index in [1.54, 1.807) is 0 Å². The smallest absolute Gasteiger partial charge is 0.0584 e. The van der Waals surface area contributed by atoms with Gasteiger partial charge in [-0.2, -0.15) is 0 Å². The lowest BCUT2D eigenvalue weighted by atomic mass is 10.3. The van der Waals surface area contributed by atoms with Crippen LogP contribution in [0.4, 0.5) is 0 Å². The van der Waals surface area contributed by atoms with Crippen LogP contribution in [0.1, 0.15) is 19.8 Å². The summed E-state index contributed by atoms with van der Waals surface area (Å²) in [6, 6.07) is 0.382. The second-order valence-electron chi connectivity index (χ2n) is 2.77. The summed E-state index contributed by atoms with van der Waals surface area (Å²) < 4.78 is 0. The molecule has 11 heavy (non-hydrogen) atoms. The zero-order chi connectivity index (χ0) is 8.69. The SMILES string of the molecule is CC(CO)N1CCCC1.CO. The zero-order valence-electron chi connectivity index (χ0n) is 7.45. The van der Waals surface area contributed by atoms with E-state index in [1.807, 2.05) is 0 Å². The van der Waals surface area contributed by atoms with Crippen molar-refractivity contribution in [2.24, 2.45) is 0 Å². The molecule has 68 valence electrons. The number of nitrogens with zero attached hydrogens (tertiary/aromatic N) is 1. The third-order valence-corrected chi connectivity index (χ3v) is 2.03. The predicted molar refractivity (Wildman–Crippen MR) is 45.5 cm³/mol. The lowest BCUT2D eigenvalue weighted by Gasteiger charge is -2.20. The normalized spacial score (nSPS) is 20.7. The summed E-state index contributed by atoms with van der Waals surface area (Å²) in [6.07, 6.45) is 2.62. The van der Waals surface area contributed by atoms with Gasteiger partial charge in [0.2, 0.25) is 0 Å². The molecule has 1 aliphatic rings. The van der Waals surface area contributed by atoms with Crippen LogP contribution in [0.3, 0.4) is 0 Å². The van der Waals surface area contributed by atoms with Gasteiger partial charge in [-0.05, 0) is 32.9 Å². The Hall–Kier alpha value is -0.120. The Balaban J connectivity index is 0.000000461. The van der Waals surface area contributed by atoms with Crippen molar-refractivity contribution in [3.8, 4) is 0 Å². The number of hydrogen-bond acceptors (Lipinski definition) is 3. The molecule has 0 aromatic heterocycles. The summed E-state index contributed by atoms with van der Waals surface area (Å²) >= 11 is 0. The van der Waals surface area contributed by atoms with Crippen LogP contribution >= 0.6 is 0 Å². The monoisotopic (exact) mass is 161 g/mol. The van der Waals surface area contributed by atoms with E-state index in [2.05, 4.69) is 11.8 Å². The van der Waals surface area contributed by atoms with Gasteiger partial charge >= 0.3 is 0 Å². The second kappa shape index (κ2) is 6.58. The Kier molecular flexibility index (Phi) is 6.51. The summed E-state index contributed by atoms with van der Waals surface area (Å²) in [7, 11) is 1.00. The second-order valence-corrected chi connectivity index (χ2v) is 2.77. The quantitative estimate of drug-likeness (QED) is 0.602. The molecule has 1 atom stereocenters. The van der Waals surface area contributed by atoms with Gasteiger partial charge in [0, 0.05) is 13.2 Å². The molecule has 3 heteroatoms. The van der Waals surface area contributed by atoms with E-state index in [0.29, 0.717) is 12.6 Å². The van der Waals surface area contributed by atoms with Gasteiger partial charge in [0.25, 0.3) is 0 Å². The summed E-state index contributed by atoms with van der Waals surface area (Å²) in [4.78, 5) is 2.33. The fraction of sp³-hybridized carbons (Fsp3) is 1.00. The lowest BCUT2D eigenvalue weighted by molar-refractivity contribution is 0.158. The van der Waals surface area contributed by atoms with E-state index in [9.17, 15) is 0 Å². The molecule has 3 nitrogen and oxygen atoms in total. The van der Waals surface area contributed by atoms with Gasteiger partial charge in [-0.1, -0.05) is 0 Å². The molecule has 2 N–H and O–H groups in total. The molecule has 1 unspecified atom stereocenters. The van der Waals surface area contributed by atoms with Crippen LogP contribution in [0, 0.1) is 0 Å². The first-order valence-corrected chi connectivity index (χ1v) is 4.14. The van der Waals surface area contributed by atoms with Crippen molar-refractivity contribution >= 4 is 0 Å². The van der Waals surface area contributed by atoms with Crippen molar-refractivity contribution in [2.45, 2.75) is 25.8 Å². The van der Waals surface area contributed by atoms with E-state index in [4.69, 9.17) is 10.2 Å². The first kappa shape index (κ1) is 10.9. The molecule has 1 aliphatic heterocycles. The fourth-order valence-corrected chi connectivity index (χ4v) is 1.30. The molecule has 1 rings (SSSR count). The maximum Gasteiger partial charge on any atom is 0.0584 e. The average Bonchev–Trinajstić information content (AvgIpc) is 2.59. The Bertz CT molecular complexity index is 82.2. The zero-order valence-corrected chi connectivity index (χ0v) is 7.45. The van der Waals surface area contributed by atoms with Crippen LogP contribution in [-0.4, -0.2) is 48.0 Å². The van der Waals surface area contributed by atoms with Crippen molar-refractivity contribution in [1.82, 2.24) is 4.90 Å². The van der Waals surface area contributed by atoms with E-state index in [0.717, 1.165) is 7.11 Å². The van der Waals surface area contributed by atoms with Gasteiger partial charge in [0.15, 0.2) is 0 Å². The van der Waals surface area contributed by atoms with Crippen LogP contribution < -0.4 is 0 Å². The largest absolute Gasteiger partial charge is 0.400 e. The van der Waals surface area contributed by atoms with Crippen molar-refractivity contribution in [3.05, 3.63) is 0 Å². The highest BCUT2D eigenvalue weighted by molar-refractivity contribution is 4.71. The topological polar surface area (TPSA) is 43.7 Å². The first-order valence-electron chi connectivity index (χ1n) is 4.14. The number of rotatable bonds is 2. The molecule has 0 bridgehead atoms. The molecule has 0 radical (unpaired) electrons. The van der Waals surface area contributed by atoms with E-state index < -0.39 is 0 Å². The van der Waals surface area contributed by atoms with Gasteiger partial charge in [-0.15, -0.1) is 0 Å².